The van der Waals surface area contributed by atoms with Crippen LogP contribution in [0.3, 0.4) is 0 Å². The third-order valence-corrected chi connectivity index (χ3v) is 5.12. The summed E-state index contributed by atoms with van der Waals surface area (Å²) >= 11 is 0. The van der Waals surface area contributed by atoms with Crippen molar-refractivity contribution in [3.8, 4) is 0 Å². The molecule has 4 rings (SSSR count). The first-order valence-corrected chi connectivity index (χ1v) is 8.61. The molecule has 3 aromatic rings. The van der Waals surface area contributed by atoms with Gasteiger partial charge in [0.2, 0.25) is 0 Å². The van der Waals surface area contributed by atoms with Gasteiger partial charge in [-0.05, 0) is 55.0 Å². The average molecular weight is 304 g/mol. The van der Waals surface area contributed by atoms with Gasteiger partial charge >= 0.3 is 0 Å². The predicted molar refractivity (Wildman–Crippen MR) is 97.1 cm³/mol. The van der Waals surface area contributed by atoms with E-state index in [0.717, 1.165) is 19.4 Å². The zero-order valence-electron chi connectivity index (χ0n) is 14.2. The van der Waals surface area contributed by atoms with Gasteiger partial charge in [0.15, 0.2) is 0 Å². The highest BCUT2D eigenvalue weighted by atomic mass is 15.0. The van der Waals surface area contributed by atoms with Gasteiger partial charge in [-0.3, -0.25) is 0 Å². The summed E-state index contributed by atoms with van der Waals surface area (Å²) in [4.78, 5) is 3.73. The second-order valence-corrected chi connectivity index (χ2v) is 6.75. The van der Waals surface area contributed by atoms with Gasteiger partial charge in [-0.15, -0.1) is 0 Å². The van der Waals surface area contributed by atoms with Gasteiger partial charge in [-0.1, -0.05) is 42.8 Å². The molecular formula is C21H24N2. The van der Waals surface area contributed by atoms with Crippen LogP contribution in [0.4, 0.5) is 0 Å². The standard InChI is InChI=1S/C21H24N2/c1-4-15-5-7-16(8-6-15)20-21-17(9-10-22-20)18-12-13(2)11-14(3)19(18)23-21/h5-8,11-12,20,22-23H,4,9-10H2,1-3H3. The lowest BCUT2D eigenvalue weighted by Crippen LogP contribution is -2.30. The summed E-state index contributed by atoms with van der Waals surface area (Å²) in [6.07, 6.45) is 2.19. The fourth-order valence-electron chi connectivity index (χ4n) is 3.92. The molecular weight excluding hydrogens is 280 g/mol. The number of fused-ring (bicyclic) bond motifs is 3. The van der Waals surface area contributed by atoms with E-state index in [0.29, 0.717) is 0 Å². The zero-order chi connectivity index (χ0) is 16.0. The number of hydrogen-bond acceptors (Lipinski definition) is 1. The Morgan fingerprint density at radius 2 is 1.87 bits per heavy atom. The number of aromatic nitrogens is 1. The van der Waals surface area contributed by atoms with Crippen LogP contribution in [0.1, 0.15) is 46.5 Å². The quantitative estimate of drug-likeness (QED) is 0.712. The van der Waals surface area contributed by atoms with E-state index in [2.05, 4.69) is 67.5 Å². The normalized spacial score (nSPS) is 17.4. The van der Waals surface area contributed by atoms with Gasteiger partial charge in [-0.25, -0.2) is 0 Å². The van der Waals surface area contributed by atoms with Crippen molar-refractivity contribution in [1.29, 1.82) is 0 Å². The maximum Gasteiger partial charge on any atom is 0.0732 e. The van der Waals surface area contributed by atoms with Crippen LogP contribution in [0, 0.1) is 13.8 Å². The topological polar surface area (TPSA) is 27.8 Å². The molecule has 0 spiro atoms. The van der Waals surface area contributed by atoms with Crippen molar-refractivity contribution in [2.45, 2.75) is 39.7 Å². The van der Waals surface area contributed by atoms with Crippen molar-refractivity contribution >= 4 is 10.9 Å². The average Bonchev–Trinajstić information content (AvgIpc) is 2.94. The Morgan fingerprint density at radius 3 is 2.61 bits per heavy atom. The van der Waals surface area contributed by atoms with Crippen LogP contribution in [-0.4, -0.2) is 11.5 Å². The minimum absolute atomic E-state index is 0.275. The second-order valence-electron chi connectivity index (χ2n) is 6.75. The summed E-state index contributed by atoms with van der Waals surface area (Å²) in [6, 6.07) is 13.9. The third kappa shape index (κ3) is 2.38. The van der Waals surface area contributed by atoms with Crippen LogP contribution in [0.5, 0.6) is 0 Å². The minimum atomic E-state index is 0.275. The molecule has 0 radical (unpaired) electrons. The molecule has 1 aromatic heterocycles. The molecule has 2 nitrogen and oxygen atoms in total. The van der Waals surface area contributed by atoms with Crippen LogP contribution < -0.4 is 5.32 Å². The molecule has 2 N–H and O–H groups in total. The Balaban J connectivity index is 1.86. The molecule has 2 aromatic carbocycles. The van der Waals surface area contributed by atoms with Crippen molar-refractivity contribution in [3.05, 3.63) is 69.9 Å². The lowest BCUT2D eigenvalue weighted by Gasteiger charge is -2.25. The van der Waals surface area contributed by atoms with E-state index in [1.165, 1.54) is 44.4 Å². The SMILES string of the molecule is CCc1ccc(C2NCCc3c2[nH]c2c(C)cc(C)cc32)cc1. The Morgan fingerprint density at radius 1 is 1.09 bits per heavy atom. The number of aromatic amines is 1. The molecule has 1 aliphatic heterocycles. The number of H-pyrrole nitrogens is 1. The lowest BCUT2D eigenvalue weighted by molar-refractivity contribution is 0.560. The molecule has 2 heterocycles. The summed E-state index contributed by atoms with van der Waals surface area (Å²) in [5.74, 6) is 0. The summed E-state index contributed by atoms with van der Waals surface area (Å²) < 4.78 is 0. The van der Waals surface area contributed by atoms with Gasteiger partial charge in [0, 0.05) is 23.1 Å². The van der Waals surface area contributed by atoms with E-state index in [4.69, 9.17) is 0 Å². The summed E-state index contributed by atoms with van der Waals surface area (Å²) in [5.41, 5.74) is 9.59. The number of rotatable bonds is 2. The second kappa shape index (κ2) is 5.54. The Bertz CT molecular complexity index is 856. The number of nitrogens with one attached hydrogen (secondary N) is 2. The number of hydrogen-bond donors (Lipinski definition) is 2. The zero-order valence-corrected chi connectivity index (χ0v) is 14.2. The van der Waals surface area contributed by atoms with Gasteiger partial charge < -0.3 is 10.3 Å². The molecule has 1 unspecified atom stereocenters. The van der Waals surface area contributed by atoms with E-state index >= 15 is 0 Å². The monoisotopic (exact) mass is 304 g/mol. The maximum absolute atomic E-state index is 3.73. The molecule has 23 heavy (non-hydrogen) atoms. The summed E-state index contributed by atoms with van der Waals surface area (Å²) in [6.45, 7) is 7.63. The van der Waals surface area contributed by atoms with Gasteiger partial charge in [0.25, 0.3) is 0 Å². The number of aryl methyl sites for hydroxylation is 3. The van der Waals surface area contributed by atoms with Crippen molar-refractivity contribution in [2.24, 2.45) is 0 Å². The molecule has 0 fully saturated rings. The fraction of sp³-hybridized carbons (Fsp3) is 0.333. The fourth-order valence-corrected chi connectivity index (χ4v) is 3.92. The van der Waals surface area contributed by atoms with Gasteiger partial charge in [0.1, 0.15) is 0 Å². The van der Waals surface area contributed by atoms with E-state index in [1.54, 1.807) is 0 Å². The Labute approximate surface area is 137 Å². The first kappa shape index (κ1) is 14.5. The van der Waals surface area contributed by atoms with Crippen molar-refractivity contribution < 1.29 is 0 Å². The van der Waals surface area contributed by atoms with E-state index in [-0.39, 0.29) is 6.04 Å². The minimum Gasteiger partial charge on any atom is -0.356 e. The smallest absolute Gasteiger partial charge is 0.0732 e. The van der Waals surface area contributed by atoms with Crippen LogP contribution in [0.25, 0.3) is 10.9 Å². The molecule has 1 atom stereocenters. The van der Waals surface area contributed by atoms with Crippen LogP contribution in [0.2, 0.25) is 0 Å². The predicted octanol–water partition coefficient (Wildman–Crippen LogP) is 4.58. The molecule has 0 bridgehead atoms. The highest BCUT2D eigenvalue weighted by molar-refractivity contribution is 5.88. The van der Waals surface area contributed by atoms with Crippen molar-refractivity contribution in [2.75, 3.05) is 6.54 Å². The maximum atomic E-state index is 3.73. The first-order chi connectivity index (χ1) is 11.2. The molecule has 0 saturated carbocycles. The highest BCUT2D eigenvalue weighted by Gasteiger charge is 2.25. The van der Waals surface area contributed by atoms with Crippen LogP contribution in [0.15, 0.2) is 36.4 Å². The number of benzene rings is 2. The lowest BCUT2D eigenvalue weighted by atomic mass is 9.93. The molecule has 0 saturated heterocycles. The van der Waals surface area contributed by atoms with Gasteiger partial charge in [-0.2, -0.15) is 0 Å². The summed E-state index contributed by atoms with van der Waals surface area (Å²) in [7, 11) is 0. The largest absolute Gasteiger partial charge is 0.356 e. The van der Waals surface area contributed by atoms with E-state index < -0.39 is 0 Å². The van der Waals surface area contributed by atoms with Crippen molar-refractivity contribution in [3.63, 3.8) is 0 Å². The molecule has 2 heteroatoms. The molecule has 0 amide bonds. The first-order valence-electron chi connectivity index (χ1n) is 8.61. The molecule has 1 aliphatic rings. The third-order valence-electron chi connectivity index (χ3n) is 5.12. The van der Waals surface area contributed by atoms with E-state index in [1.807, 2.05) is 0 Å². The van der Waals surface area contributed by atoms with E-state index in [9.17, 15) is 0 Å². The Kier molecular flexibility index (Phi) is 3.50. The molecule has 0 aliphatic carbocycles. The van der Waals surface area contributed by atoms with Crippen LogP contribution >= 0.6 is 0 Å². The highest BCUT2D eigenvalue weighted by Crippen LogP contribution is 2.35. The van der Waals surface area contributed by atoms with Gasteiger partial charge in [0.05, 0.1) is 6.04 Å². The van der Waals surface area contributed by atoms with Crippen LogP contribution in [-0.2, 0) is 12.8 Å². The Hall–Kier alpha value is -2.06. The molecule has 118 valence electrons. The van der Waals surface area contributed by atoms with Crippen molar-refractivity contribution in [1.82, 2.24) is 10.3 Å². The summed E-state index contributed by atoms with van der Waals surface area (Å²) in [5, 5.41) is 5.10.